The first-order valence-corrected chi connectivity index (χ1v) is 10.0. The maximum atomic E-state index is 12.3. The molecular formula is C21H26ClNO2S. The summed E-state index contributed by atoms with van der Waals surface area (Å²) in [5.74, 6) is 1.64. The molecule has 3 nitrogen and oxygen atoms in total. The van der Waals surface area contributed by atoms with Crippen LogP contribution in [0, 0.1) is 6.92 Å². The van der Waals surface area contributed by atoms with Gasteiger partial charge in [-0.05, 0) is 72.9 Å². The molecular weight excluding hydrogens is 366 g/mol. The largest absolute Gasteiger partial charge is 0.496 e. The molecule has 2 aromatic rings. The number of carbonyl (C=O) groups is 1. The lowest BCUT2D eigenvalue weighted by molar-refractivity contribution is -0.119. The standard InChI is InChI=1S/C21H26ClNO2S/c1-13(2)18-11-19(14(3)10-20(18)25-5)15(4)23-21(24)12-26-17-8-6-16(22)7-9-17/h6-11,13,15H,12H2,1-5H3,(H,23,24)/t15-/m1/s1. The molecule has 5 heteroatoms. The number of nitrogens with one attached hydrogen (secondary N) is 1. The van der Waals surface area contributed by atoms with Crippen molar-refractivity contribution in [3.63, 3.8) is 0 Å². The second-order valence-electron chi connectivity index (χ2n) is 6.64. The zero-order valence-corrected chi connectivity index (χ0v) is 17.5. The molecule has 2 rings (SSSR count). The van der Waals surface area contributed by atoms with Gasteiger partial charge in [0.2, 0.25) is 5.91 Å². The first-order valence-electron chi connectivity index (χ1n) is 8.68. The molecule has 0 spiro atoms. The third-order valence-corrected chi connectivity index (χ3v) is 5.53. The van der Waals surface area contributed by atoms with Crippen molar-refractivity contribution in [1.29, 1.82) is 0 Å². The van der Waals surface area contributed by atoms with Crippen molar-refractivity contribution in [2.45, 2.75) is 44.6 Å². The van der Waals surface area contributed by atoms with Crippen LogP contribution in [0.15, 0.2) is 41.3 Å². The molecule has 140 valence electrons. The minimum atomic E-state index is -0.0586. The second-order valence-corrected chi connectivity index (χ2v) is 8.12. The van der Waals surface area contributed by atoms with E-state index >= 15 is 0 Å². The van der Waals surface area contributed by atoms with Gasteiger partial charge in [-0.25, -0.2) is 0 Å². The fourth-order valence-corrected chi connectivity index (χ4v) is 3.69. The summed E-state index contributed by atoms with van der Waals surface area (Å²) in [4.78, 5) is 13.4. The van der Waals surface area contributed by atoms with E-state index in [1.165, 1.54) is 11.8 Å². The van der Waals surface area contributed by atoms with Gasteiger partial charge in [-0.2, -0.15) is 0 Å². The summed E-state index contributed by atoms with van der Waals surface area (Å²) in [5.41, 5.74) is 3.40. The highest BCUT2D eigenvalue weighted by Crippen LogP contribution is 2.32. The Labute approximate surface area is 165 Å². The minimum Gasteiger partial charge on any atom is -0.496 e. The average molecular weight is 392 g/mol. The fourth-order valence-electron chi connectivity index (χ4n) is 2.85. The number of hydrogen-bond donors (Lipinski definition) is 1. The van der Waals surface area contributed by atoms with Gasteiger partial charge in [-0.15, -0.1) is 11.8 Å². The summed E-state index contributed by atoms with van der Waals surface area (Å²) >= 11 is 7.39. The van der Waals surface area contributed by atoms with Crippen LogP contribution in [0.3, 0.4) is 0 Å². The van der Waals surface area contributed by atoms with Crippen molar-refractivity contribution < 1.29 is 9.53 Å². The lowest BCUT2D eigenvalue weighted by Gasteiger charge is -2.21. The Morgan fingerprint density at radius 1 is 1.15 bits per heavy atom. The topological polar surface area (TPSA) is 38.3 Å². The Morgan fingerprint density at radius 3 is 2.38 bits per heavy atom. The minimum absolute atomic E-state index is 0.0127. The van der Waals surface area contributed by atoms with Crippen molar-refractivity contribution in [2.75, 3.05) is 12.9 Å². The lowest BCUT2D eigenvalue weighted by atomic mass is 9.93. The molecule has 0 aliphatic heterocycles. The summed E-state index contributed by atoms with van der Waals surface area (Å²) in [7, 11) is 1.69. The smallest absolute Gasteiger partial charge is 0.230 e. The van der Waals surface area contributed by atoms with E-state index in [9.17, 15) is 4.79 Å². The molecule has 0 aliphatic rings. The van der Waals surface area contributed by atoms with Crippen molar-refractivity contribution in [1.82, 2.24) is 5.32 Å². The maximum Gasteiger partial charge on any atom is 0.230 e. The van der Waals surface area contributed by atoms with Crippen molar-refractivity contribution in [3.05, 3.63) is 58.1 Å². The van der Waals surface area contributed by atoms with E-state index in [0.29, 0.717) is 16.7 Å². The molecule has 1 N–H and O–H groups in total. The second kappa shape index (κ2) is 9.33. The number of rotatable bonds is 7. The number of aryl methyl sites for hydroxylation is 1. The van der Waals surface area contributed by atoms with Crippen LogP contribution in [0.25, 0.3) is 0 Å². The monoisotopic (exact) mass is 391 g/mol. The lowest BCUT2D eigenvalue weighted by Crippen LogP contribution is -2.28. The fraction of sp³-hybridized carbons (Fsp3) is 0.381. The molecule has 0 fully saturated rings. The molecule has 26 heavy (non-hydrogen) atoms. The molecule has 0 unspecified atom stereocenters. The average Bonchev–Trinajstić information content (AvgIpc) is 2.60. The van der Waals surface area contributed by atoms with Crippen molar-refractivity contribution in [3.8, 4) is 5.75 Å². The number of amides is 1. The third kappa shape index (κ3) is 5.42. The number of methoxy groups -OCH3 is 1. The van der Waals surface area contributed by atoms with Gasteiger partial charge in [-0.1, -0.05) is 25.4 Å². The molecule has 0 aromatic heterocycles. The normalized spacial score (nSPS) is 12.1. The van der Waals surface area contributed by atoms with Crippen LogP contribution in [0.4, 0.5) is 0 Å². The molecule has 0 heterocycles. The molecule has 0 aliphatic carbocycles. The Kier molecular flexibility index (Phi) is 7.42. The molecule has 1 atom stereocenters. The van der Waals surface area contributed by atoms with Gasteiger partial charge in [0.05, 0.1) is 18.9 Å². The van der Waals surface area contributed by atoms with E-state index in [4.69, 9.17) is 16.3 Å². The van der Waals surface area contributed by atoms with E-state index in [1.54, 1.807) is 7.11 Å². The summed E-state index contributed by atoms with van der Waals surface area (Å²) in [6.07, 6.45) is 0. The summed E-state index contributed by atoms with van der Waals surface area (Å²) < 4.78 is 5.50. The van der Waals surface area contributed by atoms with Gasteiger partial charge < -0.3 is 10.1 Å². The van der Waals surface area contributed by atoms with Crippen LogP contribution < -0.4 is 10.1 Å². The number of hydrogen-bond acceptors (Lipinski definition) is 3. The predicted octanol–water partition coefficient (Wildman–Crippen LogP) is 5.75. The number of ether oxygens (including phenoxy) is 1. The van der Waals surface area contributed by atoms with Gasteiger partial charge in [0, 0.05) is 9.92 Å². The van der Waals surface area contributed by atoms with E-state index < -0.39 is 0 Å². The van der Waals surface area contributed by atoms with Crippen LogP contribution in [-0.2, 0) is 4.79 Å². The first-order chi connectivity index (χ1) is 12.3. The van der Waals surface area contributed by atoms with Gasteiger partial charge in [0.1, 0.15) is 5.75 Å². The SMILES string of the molecule is COc1cc(C)c([C@@H](C)NC(=O)CSc2ccc(Cl)cc2)cc1C(C)C. The molecule has 0 saturated carbocycles. The molecule has 0 bridgehead atoms. The summed E-state index contributed by atoms with van der Waals surface area (Å²) in [6.45, 7) is 8.35. The Bertz CT molecular complexity index is 759. The quantitative estimate of drug-likeness (QED) is 0.610. The van der Waals surface area contributed by atoms with Gasteiger partial charge in [0.15, 0.2) is 0 Å². The van der Waals surface area contributed by atoms with E-state index in [-0.39, 0.29) is 11.9 Å². The van der Waals surface area contributed by atoms with Crippen LogP contribution >= 0.6 is 23.4 Å². The third-order valence-electron chi connectivity index (χ3n) is 4.27. The predicted molar refractivity (Wildman–Crippen MR) is 111 cm³/mol. The zero-order valence-electron chi connectivity index (χ0n) is 15.9. The summed E-state index contributed by atoms with van der Waals surface area (Å²) in [6, 6.07) is 11.7. The zero-order chi connectivity index (χ0) is 19.3. The number of halogens is 1. The van der Waals surface area contributed by atoms with Crippen molar-refractivity contribution >= 4 is 29.3 Å². The Morgan fingerprint density at radius 2 is 1.81 bits per heavy atom. The molecule has 1 amide bonds. The van der Waals surface area contributed by atoms with Gasteiger partial charge >= 0.3 is 0 Å². The van der Waals surface area contributed by atoms with E-state index in [0.717, 1.165) is 27.3 Å². The molecule has 0 radical (unpaired) electrons. The van der Waals surface area contributed by atoms with Crippen LogP contribution in [-0.4, -0.2) is 18.8 Å². The highest BCUT2D eigenvalue weighted by Gasteiger charge is 2.17. The highest BCUT2D eigenvalue weighted by atomic mass is 35.5. The molecule has 2 aromatic carbocycles. The van der Waals surface area contributed by atoms with Crippen LogP contribution in [0.2, 0.25) is 5.02 Å². The molecule has 0 saturated heterocycles. The summed E-state index contributed by atoms with van der Waals surface area (Å²) in [5, 5.41) is 3.79. The maximum absolute atomic E-state index is 12.3. The highest BCUT2D eigenvalue weighted by molar-refractivity contribution is 8.00. The van der Waals surface area contributed by atoms with Crippen LogP contribution in [0.5, 0.6) is 5.75 Å². The number of benzene rings is 2. The van der Waals surface area contributed by atoms with Gasteiger partial charge in [0.25, 0.3) is 0 Å². The Balaban J connectivity index is 2.04. The van der Waals surface area contributed by atoms with Gasteiger partial charge in [-0.3, -0.25) is 4.79 Å². The number of thioether (sulfide) groups is 1. The van der Waals surface area contributed by atoms with Crippen molar-refractivity contribution in [2.24, 2.45) is 0 Å². The van der Waals surface area contributed by atoms with Crippen LogP contribution in [0.1, 0.15) is 49.4 Å². The first kappa shape index (κ1) is 20.7. The Hall–Kier alpha value is -1.65. The van der Waals surface area contributed by atoms with E-state index in [2.05, 4.69) is 31.3 Å². The van der Waals surface area contributed by atoms with E-state index in [1.807, 2.05) is 38.1 Å². The number of carbonyl (C=O) groups excluding carboxylic acids is 1.